The highest BCUT2D eigenvalue weighted by atomic mass is 35.5. The largest absolute Gasteiger partial charge is 0.309 e. The second-order valence-electron chi connectivity index (χ2n) is 5.82. The molecule has 0 fully saturated rings. The molecule has 0 saturated carbocycles. The number of benzene rings is 2. The predicted octanol–water partition coefficient (Wildman–Crippen LogP) is 4.93. The highest BCUT2D eigenvalue weighted by Crippen LogP contribution is 2.24. The molecule has 3 rings (SSSR count). The molecule has 0 saturated heterocycles. The van der Waals surface area contributed by atoms with E-state index in [4.69, 9.17) is 11.6 Å². The van der Waals surface area contributed by atoms with Crippen LogP contribution >= 0.6 is 11.6 Å². The van der Waals surface area contributed by atoms with E-state index in [2.05, 4.69) is 35.4 Å². The maximum absolute atomic E-state index is 12.9. The van der Waals surface area contributed by atoms with Gasteiger partial charge in [0.1, 0.15) is 11.0 Å². The van der Waals surface area contributed by atoms with Crippen LogP contribution in [0.25, 0.3) is 10.9 Å². The summed E-state index contributed by atoms with van der Waals surface area (Å²) >= 11 is 6.32. The third-order valence-electron chi connectivity index (χ3n) is 3.84. The standard InChI is InChI=1S/C19H18ClFN2/c1-12-7-13(2)18-15(8-12)9-16(19(20)23-18)11-22-10-14-3-5-17(21)6-4-14/h3-9,22H,10-11H2,1-2H3. The summed E-state index contributed by atoms with van der Waals surface area (Å²) in [5, 5.41) is 4.95. The lowest BCUT2D eigenvalue weighted by atomic mass is 10.1. The van der Waals surface area contributed by atoms with Crippen LogP contribution in [-0.4, -0.2) is 4.98 Å². The summed E-state index contributed by atoms with van der Waals surface area (Å²) in [5.74, 6) is -0.221. The van der Waals surface area contributed by atoms with Crippen LogP contribution in [0.3, 0.4) is 0 Å². The number of rotatable bonds is 4. The minimum atomic E-state index is -0.221. The molecular weight excluding hydrogens is 311 g/mol. The number of pyridine rings is 1. The van der Waals surface area contributed by atoms with Gasteiger partial charge >= 0.3 is 0 Å². The molecule has 1 N–H and O–H groups in total. The van der Waals surface area contributed by atoms with Gasteiger partial charge in [-0.2, -0.15) is 0 Å². The van der Waals surface area contributed by atoms with Crippen LogP contribution in [0.2, 0.25) is 5.15 Å². The number of halogens is 2. The van der Waals surface area contributed by atoms with E-state index in [0.29, 0.717) is 18.2 Å². The summed E-state index contributed by atoms with van der Waals surface area (Å²) in [4.78, 5) is 4.53. The first-order valence-corrected chi connectivity index (χ1v) is 7.92. The van der Waals surface area contributed by atoms with Gasteiger partial charge in [-0.25, -0.2) is 9.37 Å². The molecule has 0 aliphatic carbocycles. The van der Waals surface area contributed by atoms with Crippen molar-refractivity contribution in [2.45, 2.75) is 26.9 Å². The number of aryl methyl sites for hydroxylation is 2. The van der Waals surface area contributed by atoms with E-state index in [1.54, 1.807) is 12.1 Å². The quantitative estimate of drug-likeness (QED) is 0.687. The van der Waals surface area contributed by atoms with Gasteiger partial charge in [0.25, 0.3) is 0 Å². The fourth-order valence-electron chi connectivity index (χ4n) is 2.74. The van der Waals surface area contributed by atoms with Crippen LogP contribution in [0.4, 0.5) is 4.39 Å². The normalized spacial score (nSPS) is 11.1. The van der Waals surface area contributed by atoms with Crippen molar-refractivity contribution in [3.63, 3.8) is 0 Å². The Bertz CT molecular complexity index is 844. The number of nitrogens with one attached hydrogen (secondary N) is 1. The van der Waals surface area contributed by atoms with E-state index >= 15 is 0 Å². The average Bonchev–Trinajstić information content (AvgIpc) is 2.50. The van der Waals surface area contributed by atoms with Crippen molar-refractivity contribution in [3.8, 4) is 0 Å². The molecule has 23 heavy (non-hydrogen) atoms. The first kappa shape index (κ1) is 15.9. The molecule has 0 aliphatic rings. The lowest BCUT2D eigenvalue weighted by Gasteiger charge is -2.10. The van der Waals surface area contributed by atoms with Gasteiger partial charge in [0.2, 0.25) is 0 Å². The number of hydrogen-bond acceptors (Lipinski definition) is 2. The fraction of sp³-hybridized carbons (Fsp3) is 0.211. The van der Waals surface area contributed by atoms with Gasteiger partial charge in [-0.05, 0) is 49.2 Å². The molecule has 0 amide bonds. The molecule has 3 aromatic rings. The molecule has 0 unspecified atom stereocenters. The van der Waals surface area contributed by atoms with Crippen molar-refractivity contribution in [1.82, 2.24) is 10.3 Å². The Kier molecular flexibility index (Phi) is 4.60. The van der Waals surface area contributed by atoms with Crippen molar-refractivity contribution >= 4 is 22.5 Å². The Balaban J connectivity index is 1.77. The molecule has 0 radical (unpaired) electrons. The van der Waals surface area contributed by atoms with Gasteiger partial charge in [-0.15, -0.1) is 0 Å². The summed E-state index contributed by atoms with van der Waals surface area (Å²) in [6.45, 7) is 5.40. The van der Waals surface area contributed by atoms with Crippen LogP contribution in [0.1, 0.15) is 22.3 Å². The number of fused-ring (bicyclic) bond motifs is 1. The van der Waals surface area contributed by atoms with Gasteiger partial charge in [0, 0.05) is 24.0 Å². The molecule has 0 atom stereocenters. The highest BCUT2D eigenvalue weighted by molar-refractivity contribution is 6.30. The van der Waals surface area contributed by atoms with Crippen molar-refractivity contribution in [1.29, 1.82) is 0 Å². The first-order valence-electron chi connectivity index (χ1n) is 7.54. The van der Waals surface area contributed by atoms with Gasteiger partial charge in [-0.3, -0.25) is 0 Å². The van der Waals surface area contributed by atoms with E-state index < -0.39 is 0 Å². The molecule has 0 bridgehead atoms. The summed E-state index contributed by atoms with van der Waals surface area (Å²) in [7, 11) is 0. The summed E-state index contributed by atoms with van der Waals surface area (Å²) in [6.07, 6.45) is 0. The zero-order chi connectivity index (χ0) is 16.4. The topological polar surface area (TPSA) is 24.9 Å². The van der Waals surface area contributed by atoms with Crippen molar-refractivity contribution in [2.75, 3.05) is 0 Å². The number of aromatic nitrogens is 1. The molecular formula is C19H18ClFN2. The minimum absolute atomic E-state index is 0.221. The second-order valence-corrected chi connectivity index (χ2v) is 6.18. The van der Waals surface area contributed by atoms with Crippen molar-refractivity contribution in [3.05, 3.63) is 75.7 Å². The lowest BCUT2D eigenvalue weighted by molar-refractivity contribution is 0.625. The maximum atomic E-state index is 12.9. The third-order valence-corrected chi connectivity index (χ3v) is 4.16. The van der Waals surface area contributed by atoms with Crippen LogP contribution < -0.4 is 5.32 Å². The Morgan fingerprint density at radius 3 is 2.52 bits per heavy atom. The number of nitrogens with zero attached hydrogens (tertiary/aromatic N) is 1. The van der Waals surface area contributed by atoms with Crippen molar-refractivity contribution < 1.29 is 4.39 Å². The molecule has 2 nitrogen and oxygen atoms in total. The van der Waals surface area contributed by atoms with Crippen LogP contribution in [-0.2, 0) is 13.1 Å². The molecule has 118 valence electrons. The van der Waals surface area contributed by atoms with E-state index in [-0.39, 0.29) is 5.82 Å². The van der Waals surface area contributed by atoms with E-state index in [1.807, 2.05) is 6.92 Å². The monoisotopic (exact) mass is 328 g/mol. The van der Waals surface area contributed by atoms with Crippen LogP contribution in [0, 0.1) is 19.7 Å². The predicted molar refractivity (Wildman–Crippen MR) is 93.2 cm³/mol. The average molecular weight is 329 g/mol. The third kappa shape index (κ3) is 3.69. The van der Waals surface area contributed by atoms with Gasteiger partial charge in [0.05, 0.1) is 5.52 Å². The summed E-state index contributed by atoms with van der Waals surface area (Å²) < 4.78 is 12.9. The van der Waals surface area contributed by atoms with E-state index in [9.17, 15) is 4.39 Å². The first-order chi connectivity index (χ1) is 11.0. The van der Waals surface area contributed by atoms with E-state index in [1.165, 1.54) is 17.7 Å². The van der Waals surface area contributed by atoms with Gasteiger partial charge in [-0.1, -0.05) is 35.4 Å². The number of hydrogen-bond donors (Lipinski definition) is 1. The Morgan fingerprint density at radius 1 is 1.04 bits per heavy atom. The summed E-state index contributed by atoms with van der Waals surface area (Å²) in [5.41, 5.74) is 5.29. The second kappa shape index (κ2) is 6.65. The molecule has 4 heteroatoms. The highest BCUT2D eigenvalue weighted by Gasteiger charge is 2.07. The van der Waals surface area contributed by atoms with Gasteiger partial charge in [0.15, 0.2) is 0 Å². The fourth-order valence-corrected chi connectivity index (χ4v) is 2.95. The molecule has 1 heterocycles. The molecule has 1 aromatic heterocycles. The molecule has 0 aliphatic heterocycles. The molecule has 0 spiro atoms. The molecule has 2 aromatic carbocycles. The zero-order valence-corrected chi connectivity index (χ0v) is 13.9. The SMILES string of the molecule is Cc1cc(C)c2nc(Cl)c(CNCc3ccc(F)cc3)cc2c1. The van der Waals surface area contributed by atoms with Crippen molar-refractivity contribution in [2.24, 2.45) is 0 Å². The van der Waals surface area contributed by atoms with Gasteiger partial charge < -0.3 is 5.32 Å². The lowest BCUT2D eigenvalue weighted by Crippen LogP contribution is -2.13. The van der Waals surface area contributed by atoms with E-state index in [0.717, 1.165) is 27.6 Å². The summed E-state index contributed by atoms with van der Waals surface area (Å²) in [6, 6.07) is 12.8. The Labute approximate surface area is 140 Å². The van der Waals surface area contributed by atoms with Crippen LogP contribution in [0.5, 0.6) is 0 Å². The van der Waals surface area contributed by atoms with Crippen LogP contribution in [0.15, 0.2) is 42.5 Å². The minimum Gasteiger partial charge on any atom is -0.309 e. The Hall–Kier alpha value is -1.97. The maximum Gasteiger partial charge on any atom is 0.134 e. The smallest absolute Gasteiger partial charge is 0.134 e. The Morgan fingerprint density at radius 2 is 1.78 bits per heavy atom. The zero-order valence-electron chi connectivity index (χ0n) is 13.2.